The Morgan fingerprint density at radius 2 is 2.11 bits per heavy atom. The van der Waals surface area contributed by atoms with E-state index in [0.29, 0.717) is 11.4 Å². The summed E-state index contributed by atoms with van der Waals surface area (Å²) in [6.45, 7) is 0. The van der Waals surface area contributed by atoms with Gasteiger partial charge in [-0.15, -0.1) is 0 Å². The molecule has 0 radical (unpaired) electrons. The minimum atomic E-state index is -3.64. The molecule has 0 aliphatic heterocycles. The lowest BCUT2D eigenvalue weighted by molar-refractivity contribution is 0.371. The molecule has 1 aromatic carbocycles. The predicted octanol–water partition coefficient (Wildman–Crippen LogP) is 1.69. The first-order valence-electron chi connectivity index (χ1n) is 4.97. The van der Waals surface area contributed by atoms with E-state index in [4.69, 9.17) is 9.15 Å². The molecule has 6 nitrogen and oxygen atoms in total. The van der Waals surface area contributed by atoms with Crippen molar-refractivity contribution in [3.8, 4) is 23.1 Å². The van der Waals surface area contributed by atoms with Gasteiger partial charge in [-0.2, -0.15) is 13.4 Å². The van der Waals surface area contributed by atoms with E-state index in [2.05, 4.69) is 9.17 Å². The molecule has 1 heterocycles. The van der Waals surface area contributed by atoms with Crippen LogP contribution in [0.15, 0.2) is 34.9 Å². The van der Waals surface area contributed by atoms with Crippen LogP contribution in [0.2, 0.25) is 0 Å². The van der Waals surface area contributed by atoms with Crippen molar-refractivity contribution in [3.05, 3.63) is 30.5 Å². The molecule has 0 amide bonds. The fourth-order valence-electron chi connectivity index (χ4n) is 1.34. The van der Waals surface area contributed by atoms with Crippen LogP contribution in [0.3, 0.4) is 0 Å². The van der Waals surface area contributed by atoms with E-state index >= 15 is 0 Å². The van der Waals surface area contributed by atoms with Crippen LogP contribution in [0.1, 0.15) is 0 Å². The second kappa shape index (κ2) is 4.69. The van der Waals surface area contributed by atoms with E-state index in [-0.39, 0.29) is 6.08 Å². The van der Waals surface area contributed by atoms with Crippen molar-refractivity contribution in [3.63, 3.8) is 0 Å². The van der Waals surface area contributed by atoms with E-state index < -0.39 is 10.1 Å². The summed E-state index contributed by atoms with van der Waals surface area (Å²) in [6, 6.07) is 7.13. The van der Waals surface area contributed by atoms with Gasteiger partial charge in [0, 0.05) is 5.56 Å². The molecule has 0 saturated carbocycles. The molecular weight excluding hydrogens is 258 g/mol. The number of ether oxygens (including phenoxy) is 1. The second-order valence-electron chi connectivity index (χ2n) is 3.52. The predicted molar refractivity (Wildman–Crippen MR) is 64.0 cm³/mol. The summed E-state index contributed by atoms with van der Waals surface area (Å²) in [4.78, 5) is 3.92. The van der Waals surface area contributed by atoms with Gasteiger partial charge in [-0.1, -0.05) is 12.1 Å². The molecule has 0 bridgehead atoms. The zero-order chi connectivity index (χ0) is 13.2. The van der Waals surface area contributed by atoms with Crippen LogP contribution in [0.25, 0.3) is 11.3 Å². The van der Waals surface area contributed by atoms with Gasteiger partial charge in [-0.3, -0.25) is 0 Å². The third-order valence-electron chi connectivity index (χ3n) is 2.07. The van der Waals surface area contributed by atoms with Crippen molar-refractivity contribution in [1.82, 2.24) is 4.98 Å². The number of benzene rings is 1. The quantitative estimate of drug-likeness (QED) is 0.786. The standard InChI is InChI=1S/C11H11NO5S/c1-15-9-5-3-4-8(6-9)10-7-16-11(12-10)17-18(2,13)14/h3-7H,1-2H3. The van der Waals surface area contributed by atoms with Gasteiger partial charge in [-0.25, -0.2) is 0 Å². The molecule has 96 valence electrons. The highest BCUT2D eigenvalue weighted by Crippen LogP contribution is 2.25. The first-order valence-corrected chi connectivity index (χ1v) is 6.79. The van der Waals surface area contributed by atoms with E-state index in [1.807, 2.05) is 0 Å². The molecule has 0 unspecified atom stereocenters. The van der Waals surface area contributed by atoms with Crippen molar-refractivity contribution in [1.29, 1.82) is 0 Å². The number of hydrogen-bond acceptors (Lipinski definition) is 6. The summed E-state index contributed by atoms with van der Waals surface area (Å²) >= 11 is 0. The van der Waals surface area contributed by atoms with E-state index in [0.717, 1.165) is 11.8 Å². The minimum absolute atomic E-state index is 0.310. The molecule has 2 aromatic rings. The highest BCUT2D eigenvalue weighted by atomic mass is 32.2. The summed E-state index contributed by atoms with van der Waals surface area (Å²) in [7, 11) is -2.08. The maximum absolute atomic E-state index is 10.9. The number of rotatable bonds is 4. The van der Waals surface area contributed by atoms with Crippen LogP contribution in [0.4, 0.5) is 0 Å². The number of methoxy groups -OCH3 is 1. The number of aromatic nitrogens is 1. The molecule has 0 aliphatic rings. The monoisotopic (exact) mass is 269 g/mol. The third kappa shape index (κ3) is 3.01. The third-order valence-corrected chi connectivity index (χ3v) is 2.52. The van der Waals surface area contributed by atoms with Crippen molar-refractivity contribution in [2.24, 2.45) is 0 Å². The van der Waals surface area contributed by atoms with Gasteiger partial charge in [-0.05, 0) is 12.1 Å². The lowest BCUT2D eigenvalue weighted by Crippen LogP contribution is -2.05. The maximum atomic E-state index is 10.9. The Kier molecular flexibility index (Phi) is 3.24. The molecule has 0 N–H and O–H groups in total. The fraction of sp³-hybridized carbons (Fsp3) is 0.182. The molecule has 0 fully saturated rings. The van der Waals surface area contributed by atoms with Gasteiger partial charge in [0.25, 0.3) is 0 Å². The highest BCUT2D eigenvalue weighted by Gasteiger charge is 2.12. The highest BCUT2D eigenvalue weighted by molar-refractivity contribution is 7.86. The molecule has 0 saturated heterocycles. The van der Waals surface area contributed by atoms with Crippen LogP contribution < -0.4 is 8.92 Å². The first kappa shape index (κ1) is 12.4. The van der Waals surface area contributed by atoms with Gasteiger partial charge in [0.2, 0.25) is 0 Å². The minimum Gasteiger partial charge on any atom is -0.497 e. The molecule has 2 rings (SSSR count). The maximum Gasteiger partial charge on any atom is 0.410 e. The molecule has 0 aliphatic carbocycles. The SMILES string of the molecule is COc1cccc(-c2coc(OS(C)(=O)=O)n2)c1. The Hall–Kier alpha value is -2.02. The van der Waals surface area contributed by atoms with Crippen LogP contribution in [0, 0.1) is 0 Å². The average molecular weight is 269 g/mol. The molecule has 7 heteroatoms. The van der Waals surface area contributed by atoms with E-state index in [1.165, 1.54) is 6.26 Å². The summed E-state index contributed by atoms with van der Waals surface area (Å²) in [6.07, 6.45) is 1.92. The normalized spacial score (nSPS) is 11.2. The Labute approximate surface area is 104 Å². The van der Waals surface area contributed by atoms with Crippen molar-refractivity contribution in [2.75, 3.05) is 13.4 Å². The fourth-order valence-corrected chi connectivity index (χ4v) is 1.68. The lowest BCUT2D eigenvalue weighted by atomic mass is 10.2. The van der Waals surface area contributed by atoms with Crippen LogP contribution in [-0.2, 0) is 10.1 Å². The van der Waals surface area contributed by atoms with Crippen LogP contribution >= 0.6 is 0 Å². The van der Waals surface area contributed by atoms with Gasteiger partial charge in [0.05, 0.1) is 13.4 Å². The topological polar surface area (TPSA) is 78.6 Å². The average Bonchev–Trinajstić information content (AvgIpc) is 2.75. The van der Waals surface area contributed by atoms with Crippen molar-refractivity contribution < 1.29 is 21.8 Å². The molecular formula is C11H11NO5S. The number of hydrogen-bond donors (Lipinski definition) is 0. The second-order valence-corrected chi connectivity index (χ2v) is 5.09. The number of nitrogens with zero attached hydrogens (tertiary/aromatic N) is 1. The van der Waals surface area contributed by atoms with Gasteiger partial charge < -0.3 is 13.3 Å². The summed E-state index contributed by atoms with van der Waals surface area (Å²) in [5.74, 6) is 0.668. The van der Waals surface area contributed by atoms with Crippen LogP contribution in [-0.4, -0.2) is 26.8 Å². The Balaban J connectivity index is 2.29. The smallest absolute Gasteiger partial charge is 0.410 e. The Morgan fingerprint density at radius 3 is 2.78 bits per heavy atom. The zero-order valence-corrected chi connectivity index (χ0v) is 10.6. The molecule has 1 aromatic heterocycles. The van der Waals surface area contributed by atoms with Gasteiger partial charge in [0.1, 0.15) is 17.7 Å². The summed E-state index contributed by atoms with van der Waals surface area (Å²) in [5, 5.41) is 0. The van der Waals surface area contributed by atoms with Crippen LogP contribution in [0.5, 0.6) is 11.8 Å². The molecule has 0 spiro atoms. The zero-order valence-electron chi connectivity index (χ0n) is 9.78. The first-order chi connectivity index (χ1) is 8.48. The molecule has 18 heavy (non-hydrogen) atoms. The summed E-state index contributed by atoms with van der Waals surface area (Å²) in [5.41, 5.74) is 1.20. The molecule has 0 atom stereocenters. The van der Waals surface area contributed by atoms with E-state index in [9.17, 15) is 8.42 Å². The Bertz CT molecular complexity index is 647. The van der Waals surface area contributed by atoms with Gasteiger partial charge in [0.15, 0.2) is 0 Å². The lowest BCUT2D eigenvalue weighted by Gasteiger charge is -2.00. The largest absolute Gasteiger partial charge is 0.497 e. The van der Waals surface area contributed by atoms with Crippen molar-refractivity contribution in [2.45, 2.75) is 0 Å². The van der Waals surface area contributed by atoms with Crippen molar-refractivity contribution >= 4 is 10.1 Å². The Morgan fingerprint density at radius 1 is 1.33 bits per heavy atom. The number of oxazole rings is 1. The van der Waals surface area contributed by atoms with Gasteiger partial charge >= 0.3 is 16.2 Å². The summed E-state index contributed by atoms with van der Waals surface area (Å²) < 4.78 is 36.3. The van der Waals surface area contributed by atoms with E-state index in [1.54, 1.807) is 31.4 Å².